The van der Waals surface area contributed by atoms with Gasteiger partial charge in [0.05, 0.1) is 0 Å². The first-order chi connectivity index (χ1) is 9.74. The molecule has 4 nitrogen and oxygen atoms in total. The van der Waals surface area contributed by atoms with Crippen LogP contribution in [0.5, 0.6) is 0 Å². The average Bonchev–Trinajstić information content (AvgIpc) is 2.47. The Morgan fingerprint density at radius 2 is 1.55 bits per heavy atom. The number of carbonyl (C=O) groups is 1. The van der Waals surface area contributed by atoms with Crippen LogP contribution in [0, 0.1) is 0 Å². The largest absolute Gasteiger partial charge is 0.444 e. The summed E-state index contributed by atoms with van der Waals surface area (Å²) in [5.74, 6) is 0. The Bertz CT molecular complexity index is 529. The smallest absolute Gasteiger partial charge is 0.422 e. The molecule has 2 rings (SSSR count). The Morgan fingerprint density at radius 1 is 1.00 bits per heavy atom. The Labute approximate surface area is 119 Å². The summed E-state index contributed by atoms with van der Waals surface area (Å²) < 4.78 is 5.14. The molecule has 104 valence electrons. The molecule has 0 aliphatic carbocycles. The highest BCUT2D eigenvalue weighted by Crippen LogP contribution is 2.02. The summed E-state index contributed by atoms with van der Waals surface area (Å²) >= 11 is 0. The molecule has 0 saturated heterocycles. The fraction of sp³-hybridized carbons (Fsp3) is 0.188. The molecule has 1 amide bonds. The van der Waals surface area contributed by atoms with Crippen LogP contribution in [0.1, 0.15) is 11.1 Å². The van der Waals surface area contributed by atoms with Gasteiger partial charge in [-0.05, 0) is 11.1 Å². The van der Waals surface area contributed by atoms with Crippen LogP contribution in [0.25, 0.3) is 0 Å². The molecule has 0 bridgehead atoms. The Hall–Kier alpha value is -2.33. The first kappa shape index (κ1) is 14.1. The van der Waals surface area contributed by atoms with Gasteiger partial charge in [0.15, 0.2) is 0 Å². The first-order valence-electron chi connectivity index (χ1n) is 6.46. The van der Waals surface area contributed by atoms with Gasteiger partial charge < -0.3 is 4.74 Å². The average molecular weight is 270 g/mol. The Morgan fingerprint density at radius 3 is 2.15 bits per heavy atom. The summed E-state index contributed by atoms with van der Waals surface area (Å²) in [5.41, 5.74) is 4.76. The Kier molecular flexibility index (Phi) is 5.15. The van der Waals surface area contributed by atoms with Gasteiger partial charge in [0.25, 0.3) is 0 Å². The van der Waals surface area contributed by atoms with Crippen molar-refractivity contribution in [1.29, 1.82) is 0 Å². The first-order valence-corrected chi connectivity index (χ1v) is 6.46. The fourth-order valence-electron chi connectivity index (χ4n) is 1.81. The number of ether oxygens (including phenoxy) is 1. The SMILES string of the molecule is CN(Cc1ccccc1)NC(=O)OCc1ccccc1. The van der Waals surface area contributed by atoms with Gasteiger partial charge in [0.2, 0.25) is 0 Å². The van der Waals surface area contributed by atoms with Crippen molar-refractivity contribution in [2.75, 3.05) is 7.05 Å². The number of benzene rings is 2. The van der Waals surface area contributed by atoms with Gasteiger partial charge in [-0.15, -0.1) is 0 Å². The standard InChI is InChI=1S/C16H18N2O2/c1-18(12-14-8-4-2-5-9-14)17-16(19)20-13-15-10-6-3-7-11-15/h2-11H,12-13H2,1H3,(H,17,19). The van der Waals surface area contributed by atoms with Crippen LogP contribution in [0.15, 0.2) is 60.7 Å². The van der Waals surface area contributed by atoms with E-state index in [0.29, 0.717) is 6.54 Å². The van der Waals surface area contributed by atoms with E-state index >= 15 is 0 Å². The lowest BCUT2D eigenvalue weighted by Crippen LogP contribution is -2.38. The maximum absolute atomic E-state index is 11.6. The van der Waals surface area contributed by atoms with Gasteiger partial charge >= 0.3 is 6.09 Å². The second-order valence-electron chi connectivity index (χ2n) is 4.52. The minimum absolute atomic E-state index is 0.270. The van der Waals surface area contributed by atoms with Crippen LogP contribution in [-0.2, 0) is 17.9 Å². The molecule has 4 heteroatoms. The number of carbonyl (C=O) groups excluding carboxylic acids is 1. The van der Waals surface area contributed by atoms with Crippen molar-refractivity contribution in [3.63, 3.8) is 0 Å². The van der Waals surface area contributed by atoms with E-state index in [2.05, 4.69) is 5.43 Å². The molecule has 0 aliphatic rings. The zero-order valence-electron chi connectivity index (χ0n) is 11.5. The molecule has 1 N–H and O–H groups in total. The molecule has 0 heterocycles. The number of nitrogens with one attached hydrogen (secondary N) is 1. The number of amides is 1. The number of nitrogens with zero attached hydrogens (tertiary/aromatic N) is 1. The van der Waals surface area contributed by atoms with Crippen molar-refractivity contribution in [1.82, 2.24) is 10.4 Å². The fourth-order valence-corrected chi connectivity index (χ4v) is 1.81. The minimum Gasteiger partial charge on any atom is -0.444 e. The normalized spacial score (nSPS) is 10.3. The van der Waals surface area contributed by atoms with Gasteiger partial charge in [-0.25, -0.2) is 9.80 Å². The molecule has 0 spiro atoms. The van der Waals surface area contributed by atoms with E-state index in [1.807, 2.05) is 60.7 Å². The summed E-state index contributed by atoms with van der Waals surface area (Å²) in [6.45, 7) is 0.896. The second-order valence-corrected chi connectivity index (χ2v) is 4.52. The van der Waals surface area contributed by atoms with E-state index in [0.717, 1.165) is 11.1 Å². The van der Waals surface area contributed by atoms with Crippen LogP contribution >= 0.6 is 0 Å². The summed E-state index contributed by atoms with van der Waals surface area (Å²) in [5, 5.41) is 1.70. The molecular formula is C16H18N2O2. The summed E-state index contributed by atoms with van der Waals surface area (Å²) in [6.07, 6.45) is -0.452. The van der Waals surface area contributed by atoms with E-state index in [4.69, 9.17) is 4.74 Å². The van der Waals surface area contributed by atoms with Gasteiger partial charge in [0, 0.05) is 13.6 Å². The molecule has 2 aromatic rings. The van der Waals surface area contributed by atoms with Crippen LogP contribution in [0.3, 0.4) is 0 Å². The number of rotatable bonds is 5. The highest BCUT2D eigenvalue weighted by molar-refractivity contribution is 5.66. The number of hydrazine groups is 1. The molecule has 0 aromatic heterocycles. The van der Waals surface area contributed by atoms with Crippen LogP contribution < -0.4 is 5.43 Å². The van der Waals surface area contributed by atoms with Crippen molar-refractivity contribution < 1.29 is 9.53 Å². The monoisotopic (exact) mass is 270 g/mol. The molecule has 0 unspecified atom stereocenters. The maximum Gasteiger partial charge on any atom is 0.422 e. The lowest BCUT2D eigenvalue weighted by molar-refractivity contribution is 0.107. The van der Waals surface area contributed by atoms with E-state index in [-0.39, 0.29) is 6.61 Å². The molecule has 0 radical (unpaired) electrons. The van der Waals surface area contributed by atoms with Crippen molar-refractivity contribution in [2.24, 2.45) is 0 Å². The molecule has 0 aliphatic heterocycles. The van der Waals surface area contributed by atoms with Crippen LogP contribution in [-0.4, -0.2) is 18.1 Å². The van der Waals surface area contributed by atoms with E-state index in [1.54, 1.807) is 12.1 Å². The lowest BCUT2D eigenvalue weighted by atomic mass is 10.2. The number of hydrogen-bond acceptors (Lipinski definition) is 3. The Balaban J connectivity index is 1.74. The third-order valence-electron chi connectivity index (χ3n) is 2.76. The molecule has 0 fully saturated rings. The van der Waals surface area contributed by atoms with Crippen LogP contribution in [0.2, 0.25) is 0 Å². The van der Waals surface area contributed by atoms with E-state index in [1.165, 1.54) is 0 Å². The predicted molar refractivity (Wildman–Crippen MR) is 77.7 cm³/mol. The highest BCUT2D eigenvalue weighted by Gasteiger charge is 2.06. The van der Waals surface area contributed by atoms with E-state index in [9.17, 15) is 4.79 Å². The highest BCUT2D eigenvalue weighted by atomic mass is 16.6. The lowest BCUT2D eigenvalue weighted by Gasteiger charge is -2.17. The van der Waals surface area contributed by atoms with Crippen molar-refractivity contribution in [3.8, 4) is 0 Å². The van der Waals surface area contributed by atoms with Crippen molar-refractivity contribution in [2.45, 2.75) is 13.2 Å². The second kappa shape index (κ2) is 7.31. The topological polar surface area (TPSA) is 41.6 Å². The maximum atomic E-state index is 11.6. The molecule has 20 heavy (non-hydrogen) atoms. The quantitative estimate of drug-likeness (QED) is 0.849. The predicted octanol–water partition coefficient (Wildman–Crippen LogP) is 2.96. The molecule has 0 saturated carbocycles. The summed E-state index contributed by atoms with van der Waals surface area (Å²) in [7, 11) is 1.80. The van der Waals surface area contributed by atoms with Crippen LogP contribution in [0.4, 0.5) is 4.79 Å². The summed E-state index contributed by atoms with van der Waals surface area (Å²) in [4.78, 5) is 11.6. The minimum atomic E-state index is -0.452. The molecular weight excluding hydrogens is 252 g/mol. The number of hydrogen-bond donors (Lipinski definition) is 1. The van der Waals surface area contributed by atoms with E-state index < -0.39 is 6.09 Å². The third kappa shape index (κ3) is 4.74. The zero-order chi connectivity index (χ0) is 14.2. The van der Waals surface area contributed by atoms with Gasteiger partial charge in [-0.2, -0.15) is 0 Å². The summed E-state index contributed by atoms with van der Waals surface area (Å²) in [6, 6.07) is 19.5. The van der Waals surface area contributed by atoms with Crippen molar-refractivity contribution >= 4 is 6.09 Å². The van der Waals surface area contributed by atoms with Gasteiger partial charge in [-0.1, -0.05) is 60.7 Å². The van der Waals surface area contributed by atoms with Gasteiger partial charge in [-0.3, -0.25) is 5.43 Å². The van der Waals surface area contributed by atoms with Gasteiger partial charge in [0.1, 0.15) is 6.61 Å². The zero-order valence-corrected chi connectivity index (χ0v) is 11.5. The third-order valence-corrected chi connectivity index (χ3v) is 2.76. The molecule has 2 aromatic carbocycles. The molecule has 0 atom stereocenters. The van der Waals surface area contributed by atoms with Crippen molar-refractivity contribution in [3.05, 3.63) is 71.8 Å².